The lowest BCUT2D eigenvalue weighted by atomic mass is 10.1. The molecular weight excluding hydrogens is 240 g/mol. The standard InChI is InChI=1S/C15H24N2S/c1-4-5-6-7-8-16-15(18)17-14-10-12(2)9-13(3)11-14/h9-11H,4-8H2,1-3H3,(H2,16,17,18). The van der Waals surface area contributed by atoms with E-state index < -0.39 is 0 Å². The highest BCUT2D eigenvalue weighted by Crippen LogP contribution is 2.13. The number of thiocarbonyl (C=S) groups is 1. The van der Waals surface area contributed by atoms with Gasteiger partial charge in [0, 0.05) is 12.2 Å². The van der Waals surface area contributed by atoms with E-state index in [1.54, 1.807) is 0 Å². The number of unbranched alkanes of at least 4 members (excludes halogenated alkanes) is 3. The van der Waals surface area contributed by atoms with E-state index in [1.807, 2.05) is 0 Å². The van der Waals surface area contributed by atoms with E-state index in [0.29, 0.717) is 0 Å². The highest BCUT2D eigenvalue weighted by Gasteiger charge is 1.99. The summed E-state index contributed by atoms with van der Waals surface area (Å²) in [5.41, 5.74) is 3.57. The predicted octanol–water partition coefficient (Wildman–Crippen LogP) is 4.17. The third kappa shape index (κ3) is 6.01. The lowest BCUT2D eigenvalue weighted by Crippen LogP contribution is -2.29. The molecule has 1 aromatic rings. The van der Waals surface area contributed by atoms with Gasteiger partial charge in [0.2, 0.25) is 0 Å². The lowest BCUT2D eigenvalue weighted by molar-refractivity contribution is 0.655. The molecular formula is C15H24N2S. The summed E-state index contributed by atoms with van der Waals surface area (Å²) in [5, 5.41) is 7.20. The fraction of sp³-hybridized carbons (Fsp3) is 0.533. The maximum atomic E-state index is 5.28. The van der Waals surface area contributed by atoms with Crippen LogP contribution in [-0.2, 0) is 0 Å². The van der Waals surface area contributed by atoms with Gasteiger partial charge in [-0.3, -0.25) is 0 Å². The maximum Gasteiger partial charge on any atom is 0.170 e. The number of aryl methyl sites for hydroxylation is 2. The molecule has 0 atom stereocenters. The van der Waals surface area contributed by atoms with Crippen molar-refractivity contribution in [2.75, 3.05) is 11.9 Å². The van der Waals surface area contributed by atoms with Gasteiger partial charge in [-0.25, -0.2) is 0 Å². The van der Waals surface area contributed by atoms with E-state index in [9.17, 15) is 0 Å². The van der Waals surface area contributed by atoms with Crippen LogP contribution in [0.3, 0.4) is 0 Å². The summed E-state index contributed by atoms with van der Waals surface area (Å²) in [4.78, 5) is 0. The quantitative estimate of drug-likeness (QED) is 0.595. The average molecular weight is 264 g/mol. The van der Waals surface area contributed by atoms with Crippen molar-refractivity contribution in [1.82, 2.24) is 5.32 Å². The van der Waals surface area contributed by atoms with Gasteiger partial charge in [0.15, 0.2) is 5.11 Å². The zero-order chi connectivity index (χ0) is 13.4. The molecule has 0 saturated heterocycles. The third-order valence-corrected chi connectivity index (χ3v) is 3.04. The molecule has 0 aliphatic rings. The minimum absolute atomic E-state index is 0.719. The van der Waals surface area contributed by atoms with Crippen LogP contribution in [0.5, 0.6) is 0 Å². The Morgan fingerprint density at radius 2 is 1.72 bits per heavy atom. The molecule has 0 amide bonds. The van der Waals surface area contributed by atoms with E-state index in [-0.39, 0.29) is 0 Å². The lowest BCUT2D eigenvalue weighted by Gasteiger charge is -2.11. The van der Waals surface area contributed by atoms with Gasteiger partial charge in [-0.15, -0.1) is 0 Å². The first-order chi connectivity index (χ1) is 8.61. The van der Waals surface area contributed by atoms with Crippen molar-refractivity contribution >= 4 is 23.0 Å². The molecule has 0 unspecified atom stereocenters. The second-order valence-corrected chi connectivity index (χ2v) is 5.23. The third-order valence-electron chi connectivity index (χ3n) is 2.80. The molecule has 0 heterocycles. The largest absolute Gasteiger partial charge is 0.362 e. The SMILES string of the molecule is CCCCCCNC(=S)Nc1cc(C)cc(C)c1. The summed E-state index contributed by atoms with van der Waals surface area (Å²) < 4.78 is 0. The molecule has 18 heavy (non-hydrogen) atoms. The molecule has 0 spiro atoms. The van der Waals surface area contributed by atoms with Crippen molar-refractivity contribution in [3.05, 3.63) is 29.3 Å². The molecule has 0 aliphatic carbocycles. The second kappa shape index (κ2) is 8.09. The number of rotatable bonds is 6. The molecule has 100 valence electrons. The topological polar surface area (TPSA) is 24.1 Å². The van der Waals surface area contributed by atoms with E-state index >= 15 is 0 Å². The summed E-state index contributed by atoms with van der Waals surface area (Å²) in [6, 6.07) is 6.38. The van der Waals surface area contributed by atoms with Crippen LogP contribution in [0.4, 0.5) is 5.69 Å². The van der Waals surface area contributed by atoms with Gasteiger partial charge < -0.3 is 10.6 Å². The average Bonchev–Trinajstić information content (AvgIpc) is 2.27. The van der Waals surface area contributed by atoms with Crippen LogP contribution in [0, 0.1) is 13.8 Å². The molecule has 0 aliphatic heterocycles. The molecule has 0 bridgehead atoms. The molecule has 0 fully saturated rings. The number of hydrogen-bond donors (Lipinski definition) is 2. The second-order valence-electron chi connectivity index (χ2n) is 4.82. The van der Waals surface area contributed by atoms with Crippen LogP contribution in [0.25, 0.3) is 0 Å². The van der Waals surface area contributed by atoms with Crippen molar-refractivity contribution in [3.8, 4) is 0 Å². The molecule has 0 saturated carbocycles. The molecule has 3 heteroatoms. The minimum atomic E-state index is 0.719. The Kier molecular flexibility index (Phi) is 6.73. The predicted molar refractivity (Wildman–Crippen MR) is 84.3 cm³/mol. The van der Waals surface area contributed by atoms with E-state index in [1.165, 1.54) is 36.8 Å². The first kappa shape index (κ1) is 15.0. The fourth-order valence-corrected chi connectivity index (χ4v) is 2.20. The summed E-state index contributed by atoms with van der Waals surface area (Å²) in [5.74, 6) is 0. The Morgan fingerprint density at radius 1 is 1.06 bits per heavy atom. The van der Waals surface area contributed by atoms with Crippen LogP contribution in [-0.4, -0.2) is 11.7 Å². The molecule has 2 N–H and O–H groups in total. The molecule has 2 nitrogen and oxygen atoms in total. The monoisotopic (exact) mass is 264 g/mol. The van der Waals surface area contributed by atoms with Crippen molar-refractivity contribution in [2.45, 2.75) is 46.5 Å². The highest BCUT2D eigenvalue weighted by atomic mass is 32.1. The van der Waals surface area contributed by atoms with Crippen molar-refractivity contribution in [1.29, 1.82) is 0 Å². The van der Waals surface area contributed by atoms with Gasteiger partial charge in [0.05, 0.1) is 0 Å². The number of benzene rings is 1. The number of nitrogens with one attached hydrogen (secondary N) is 2. The Hall–Kier alpha value is -1.09. The Balaban J connectivity index is 2.31. The van der Waals surface area contributed by atoms with Crippen molar-refractivity contribution < 1.29 is 0 Å². The summed E-state index contributed by atoms with van der Waals surface area (Å²) in [7, 11) is 0. The summed E-state index contributed by atoms with van der Waals surface area (Å²) >= 11 is 5.28. The Morgan fingerprint density at radius 3 is 2.33 bits per heavy atom. The van der Waals surface area contributed by atoms with Gasteiger partial charge >= 0.3 is 0 Å². The van der Waals surface area contributed by atoms with Gasteiger partial charge in [-0.1, -0.05) is 32.3 Å². The zero-order valence-electron chi connectivity index (χ0n) is 11.7. The first-order valence-corrected chi connectivity index (χ1v) is 7.16. The first-order valence-electron chi connectivity index (χ1n) is 6.75. The normalized spacial score (nSPS) is 10.2. The van der Waals surface area contributed by atoms with Crippen LogP contribution in [0.15, 0.2) is 18.2 Å². The maximum absolute atomic E-state index is 5.28. The van der Waals surface area contributed by atoms with Crippen molar-refractivity contribution in [2.24, 2.45) is 0 Å². The molecule has 1 rings (SSSR count). The summed E-state index contributed by atoms with van der Waals surface area (Å²) in [6.45, 7) is 7.37. The molecule has 0 aromatic heterocycles. The molecule has 0 radical (unpaired) electrons. The Bertz CT molecular complexity index is 368. The highest BCUT2D eigenvalue weighted by molar-refractivity contribution is 7.80. The van der Waals surface area contributed by atoms with Gasteiger partial charge in [-0.2, -0.15) is 0 Å². The fourth-order valence-electron chi connectivity index (χ4n) is 1.98. The van der Waals surface area contributed by atoms with Gasteiger partial charge in [0.25, 0.3) is 0 Å². The van der Waals surface area contributed by atoms with Crippen LogP contribution in [0.1, 0.15) is 43.7 Å². The van der Waals surface area contributed by atoms with Crippen molar-refractivity contribution in [3.63, 3.8) is 0 Å². The van der Waals surface area contributed by atoms with Crippen LogP contribution in [0.2, 0.25) is 0 Å². The summed E-state index contributed by atoms with van der Waals surface area (Å²) in [6.07, 6.45) is 5.03. The number of hydrogen-bond acceptors (Lipinski definition) is 1. The minimum Gasteiger partial charge on any atom is -0.362 e. The van der Waals surface area contributed by atoms with Gasteiger partial charge in [0.1, 0.15) is 0 Å². The Labute approximate surface area is 116 Å². The van der Waals surface area contributed by atoms with E-state index in [0.717, 1.165) is 17.3 Å². The van der Waals surface area contributed by atoms with Crippen LogP contribution >= 0.6 is 12.2 Å². The zero-order valence-corrected chi connectivity index (χ0v) is 12.5. The van der Waals surface area contributed by atoms with Crippen LogP contribution < -0.4 is 10.6 Å². The van der Waals surface area contributed by atoms with E-state index in [2.05, 4.69) is 49.6 Å². The smallest absolute Gasteiger partial charge is 0.170 e. The number of anilines is 1. The van der Waals surface area contributed by atoms with Gasteiger partial charge in [-0.05, 0) is 55.7 Å². The molecule has 1 aromatic carbocycles. The van der Waals surface area contributed by atoms with E-state index in [4.69, 9.17) is 12.2 Å².